The minimum absolute atomic E-state index is 0.0663. The summed E-state index contributed by atoms with van der Waals surface area (Å²) in [7, 11) is 3.30. The van der Waals surface area contributed by atoms with Crippen molar-refractivity contribution in [2.24, 2.45) is 9.98 Å². The summed E-state index contributed by atoms with van der Waals surface area (Å²) in [6.45, 7) is 3.48. The number of amides is 2. The highest BCUT2D eigenvalue weighted by molar-refractivity contribution is 6.27. The van der Waals surface area contributed by atoms with Gasteiger partial charge in [-0.05, 0) is 13.0 Å². The van der Waals surface area contributed by atoms with Gasteiger partial charge in [0.15, 0.2) is 0 Å². The maximum absolute atomic E-state index is 10.9. The molecule has 0 rings (SSSR count). The largest absolute Gasteiger partial charge is 0.354 e. The summed E-state index contributed by atoms with van der Waals surface area (Å²) < 4.78 is 0. The first-order valence-corrected chi connectivity index (χ1v) is 5.73. The summed E-state index contributed by atoms with van der Waals surface area (Å²) in [5.41, 5.74) is 0. The lowest BCUT2D eigenvalue weighted by Crippen LogP contribution is -2.27. The zero-order chi connectivity index (χ0) is 13.8. The quantitative estimate of drug-likeness (QED) is 0.340. The molecule has 2 amide bonds. The van der Waals surface area contributed by atoms with Crippen LogP contribution < -0.4 is 10.6 Å². The summed E-state index contributed by atoms with van der Waals surface area (Å²) >= 11 is 0. The van der Waals surface area contributed by atoms with E-state index in [-0.39, 0.29) is 11.8 Å². The molecule has 0 aliphatic rings. The molecule has 0 heterocycles. The van der Waals surface area contributed by atoms with Crippen LogP contribution in [-0.2, 0) is 9.59 Å². The lowest BCUT2D eigenvalue weighted by molar-refractivity contribution is -0.127. The molecule has 0 aliphatic carbocycles. The number of hydrogen-bond donors (Lipinski definition) is 2. The topological polar surface area (TPSA) is 86.2 Å². The average molecular weight is 255 g/mol. The highest BCUT2D eigenvalue weighted by Crippen LogP contribution is 1.86. The highest BCUT2D eigenvalue weighted by atomic mass is 16.2. The van der Waals surface area contributed by atoms with Crippen molar-refractivity contribution in [2.45, 2.75) is 13.3 Å². The molecular weight excluding hydrogens is 234 g/mol. The van der Waals surface area contributed by atoms with Crippen molar-refractivity contribution in [1.29, 1.82) is 0 Å². The van der Waals surface area contributed by atoms with Crippen molar-refractivity contribution < 1.29 is 9.59 Å². The minimum atomic E-state index is -0.262. The number of rotatable bonds is 8. The van der Waals surface area contributed by atoms with Crippen molar-refractivity contribution >= 4 is 24.4 Å². The van der Waals surface area contributed by atoms with Gasteiger partial charge in [-0.2, -0.15) is 0 Å². The van der Waals surface area contributed by atoms with E-state index in [2.05, 4.69) is 20.6 Å². The number of carbonyl (C=O) groups excluding carboxylic acids is 2. The van der Waals surface area contributed by atoms with Gasteiger partial charge in [-0.15, -0.1) is 0 Å². The molecule has 0 aromatic rings. The summed E-state index contributed by atoms with van der Waals surface area (Å²) in [5, 5.41) is 5.48. The SMILES string of the molecule is CNC(=O)/C=N/C=N\CNCCCN(C)C(C)=O. The minimum Gasteiger partial charge on any atom is -0.354 e. The zero-order valence-corrected chi connectivity index (χ0v) is 11.1. The Morgan fingerprint density at radius 1 is 1.39 bits per heavy atom. The van der Waals surface area contributed by atoms with E-state index >= 15 is 0 Å². The third-order valence-corrected chi connectivity index (χ3v) is 2.17. The second-order valence-corrected chi connectivity index (χ2v) is 3.64. The van der Waals surface area contributed by atoms with E-state index in [1.807, 2.05) is 0 Å². The van der Waals surface area contributed by atoms with Crippen LogP contribution >= 0.6 is 0 Å². The number of carbonyl (C=O) groups is 2. The van der Waals surface area contributed by atoms with E-state index in [1.54, 1.807) is 18.9 Å². The van der Waals surface area contributed by atoms with Gasteiger partial charge in [0, 0.05) is 27.6 Å². The molecule has 0 unspecified atom stereocenters. The highest BCUT2D eigenvalue weighted by Gasteiger charge is 1.99. The van der Waals surface area contributed by atoms with Crippen molar-refractivity contribution in [3.8, 4) is 0 Å². The molecular formula is C11H21N5O2. The normalized spacial score (nSPS) is 11.1. The molecule has 0 aliphatic heterocycles. The average Bonchev–Trinajstić information content (AvgIpc) is 2.35. The molecule has 7 nitrogen and oxygen atoms in total. The molecule has 2 N–H and O–H groups in total. The standard InChI is InChI=1S/C11H21N5O2/c1-10(17)16(3)6-4-5-13-8-15-9-14-7-11(18)12-2/h7,9,13H,4-6,8H2,1-3H3,(H,12,18)/b14-7+,15-9-. The van der Waals surface area contributed by atoms with Crippen LogP contribution in [0.5, 0.6) is 0 Å². The maximum Gasteiger partial charge on any atom is 0.262 e. The maximum atomic E-state index is 10.9. The fraction of sp³-hybridized carbons (Fsp3) is 0.636. The van der Waals surface area contributed by atoms with Crippen LogP contribution in [0.3, 0.4) is 0 Å². The van der Waals surface area contributed by atoms with Crippen molar-refractivity contribution in [3.05, 3.63) is 0 Å². The second kappa shape index (κ2) is 10.4. The fourth-order valence-electron chi connectivity index (χ4n) is 0.996. The lowest BCUT2D eigenvalue weighted by Gasteiger charge is -2.13. The predicted molar refractivity (Wildman–Crippen MR) is 71.8 cm³/mol. The first-order chi connectivity index (χ1) is 8.57. The molecule has 0 spiro atoms. The van der Waals surface area contributed by atoms with E-state index in [0.717, 1.165) is 25.7 Å². The molecule has 7 heteroatoms. The number of hydrogen-bond acceptors (Lipinski definition) is 4. The van der Waals surface area contributed by atoms with Crippen LogP contribution in [0.4, 0.5) is 0 Å². The first-order valence-electron chi connectivity index (χ1n) is 5.73. The van der Waals surface area contributed by atoms with E-state index in [4.69, 9.17) is 0 Å². The van der Waals surface area contributed by atoms with Crippen molar-refractivity contribution in [2.75, 3.05) is 33.9 Å². The van der Waals surface area contributed by atoms with Gasteiger partial charge in [0.05, 0.1) is 12.9 Å². The molecule has 102 valence electrons. The van der Waals surface area contributed by atoms with Crippen LogP contribution in [0, 0.1) is 0 Å². The Morgan fingerprint density at radius 3 is 2.72 bits per heavy atom. The van der Waals surface area contributed by atoms with E-state index in [9.17, 15) is 9.59 Å². The second-order valence-electron chi connectivity index (χ2n) is 3.64. The first kappa shape index (κ1) is 16.2. The Morgan fingerprint density at radius 2 is 2.11 bits per heavy atom. The Hall–Kier alpha value is -1.76. The van der Waals surface area contributed by atoms with Gasteiger partial charge in [-0.1, -0.05) is 0 Å². The van der Waals surface area contributed by atoms with Crippen LogP contribution in [0.1, 0.15) is 13.3 Å². The van der Waals surface area contributed by atoms with Crippen molar-refractivity contribution in [3.63, 3.8) is 0 Å². The van der Waals surface area contributed by atoms with E-state index in [0.29, 0.717) is 6.67 Å². The Labute approximate surface area is 107 Å². The molecule has 0 aromatic carbocycles. The zero-order valence-electron chi connectivity index (χ0n) is 11.1. The van der Waals surface area contributed by atoms with Gasteiger partial charge in [-0.25, -0.2) is 4.99 Å². The van der Waals surface area contributed by atoms with Gasteiger partial charge in [-0.3, -0.25) is 19.9 Å². The summed E-state index contributed by atoms with van der Waals surface area (Å²) in [4.78, 5) is 30.9. The fourth-order valence-corrected chi connectivity index (χ4v) is 0.996. The molecule has 0 bridgehead atoms. The third kappa shape index (κ3) is 9.46. The molecule has 0 saturated heterocycles. The third-order valence-electron chi connectivity index (χ3n) is 2.17. The number of aliphatic imine (C=N–C) groups is 2. The lowest BCUT2D eigenvalue weighted by atomic mass is 10.4. The smallest absolute Gasteiger partial charge is 0.262 e. The monoisotopic (exact) mass is 255 g/mol. The summed E-state index contributed by atoms with van der Waals surface area (Å²) in [6, 6.07) is 0. The van der Waals surface area contributed by atoms with Gasteiger partial charge in [0.2, 0.25) is 5.91 Å². The Bertz CT molecular complexity index is 315. The Kier molecular flexibility index (Phi) is 9.38. The van der Waals surface area contributed by atoms with Gasteiger partial charge < -0.3 is 10.2 Å². The van der Waals surface area contributed by atoms with Gasteiger partial charge in [0.1, 0.15) is 6.34 Å². The number of nitrogens with zero attached hydrogens (tertiary/aromatic N) is 3. The molecule has 0 fully saturated rings. The molecule has 0 aromatic heterocycles. The molecule has 0 saturated carbocycles. The van der Waals surface area contributed by atoms with Crippen molar-refractivity contribution in [1.82, 2.24) is 15.5 Å². The van der Waals surface area contributed by atoms with Crippen LogP contribution in [0.15, 0.2) is 9.98 Å². The van der Waals surface area contributed by atoms with Crippen LogP contribution in [0.2, 0.25) is 0 Å². The van der Waals surface area contributed by atoms with E-state index in [1.165, 1.54) is 13.4 Å². The van der Waals surface area contributed by atoms with Crippen LogP contribution in [-0.4, -0.2) is 63.1 Å². The molecule has 18 heavy (non-hydrogen) atoms. The molecule has 0 radical (unpaired) electrons. The van der Waals surface area contributed by atoms with Crippen LogP contribution in [0.25, 0.3) is 0 Å². The summed E-state index contributed by atoms with van der Waals surface area (Å²) in [6.07, 6.45) is 3.35. The van der Waals surface area contributed by atoms with Gasteiger partial charge in [0.25, 0.3) is 5.91 Å². The Balaban J connectivity index is 3.46. The number of nitrogens with one attached hydrogen (secondary N) is 2. The van der Waals surface area contributed by atoms with E-state index < -0.39 is 0 Å². The molecule has 0 atom stereocenters. The van der Waals surface area contributed by atoms with Gasteiger partial charge >= 0.3 is 0 Å². The summed E-state index contributed by atoms with van der Waals surface area (Å²) in [5.74, 6) is -0.196. The predicted octanol–water partition coefficient (Wildman–Crippen LogP) is -0.753.